The van der Waals surface area contributed by atoms with E-state index < -0.39 is 0 Å². The molecule has 0 saturated heterocycles. The Morgan fingerprint density at radius 3 is 2.37 bits per heavy atom. The number of likely N-dealkylation sites (N-methyl/N-ethyl adjacent to an activating group) is 1. The minimum atomic E-state index is 0.690. The molecule has 0 fully saturated rings. The molecule has 0 aliphatic rings. The van der Waals surface area contributed by atoms with Gasteiger partial charge in [-0.2, -0.15) is 0 Å². The molecule has 0 heterocycles. The van der Waals surface area contributed by atoms with Crippen molar-refractivity contribution in [2.75, 3.05) is 25.9 Å². The molecule has 0 aromatic heterocycles. The Morgan fingerprint density at radius 1 is 1.00 bits per heavy atom. The quantitative estimate of drug-likeness (QED) is 0.808. The zero-order chi connectivity index (χ0) is 13.5. The lowest BCUT2D eigenvalue weighted by Gasteiger charge is -2.17. The lowest BCUT2D eigenvalue weighted by atomic mass is 10.2. The molecule has 0 saturated carbocycles. The number of nitrogens with zero attached hydrogens (tertiary/aromatic N) is 1. The number of ether oxygens (including phenoxy) is 1. The van der Waals surface area contributed by atoms with Gasteiger partial charge < -0.3 is 10.5 Å². The Bertz CT molecular complexity index is 482. The number of nitrogens with two attached hydrogens (primary N) is 1. The molecule has 2 rings (SSSR count). The number of benzene rings is 2. The lowest BCUT2D eigenvalue weighted by Crippen LogP contribution is -2.23. The fourth-order valence-corrected chi connectivity index (χ4v) is 1.85. The van der Waals surface area contributed by atoms with Crippen LogP contribution in [0.3, 0.4) is 0 Å². The van der Waals surface area contributed by atoms with Gasteiger partial charge in [-0.1, -0.05) is 30.3 Å². The SMILES string of the molecule is CN(CCOc1ccccc1)Cc1ccc(N)cc1. The van der Waals surface area contributed by atoms with Gasteiger partial charge in [0.05, 0.1) is 0 Å². The molecular weight excluding hydrogens is 236 g/mol. The van der Waals surface area contributed by atoms with Crippen LogP contribution in [0.2, 0.25) is 0 Å². The van der Waals surface area contributed by atoms with E-state index in [-0.39, 0.29) is 0 Å². The summed E-state index contributed by atoms with van der Waals surface area (Å²) in [5, 5.41) is 0. The summed E-state index contributed by atoms with van der Waals surface area (Å²) in [6.07, 6.45) is 0. The minimum absolute atomic E-state index is 0.690. The van der Waals surface area contributed by atoms with E-state index in [1.54, 1.807) is 0 Å². The van der Waals surface area contributed by atoms with Crippen LogP contribution in [0.1, 0.15) is 5.56 Å². The molecule has 0 bridgehead atoms. The number of anilines is 1. The van der Waals surface area contributed by atoms with Gasteiger partial charge in [-0.3, -0.25) is 4.90 Å². The second kappa shape index (κ2) is 6.81. The molecule has 0 atom stereocenters. The van der Waals surface area contributed by atoms with Crippen molar-refractivity contribution >= 4 is 5.69 Å². The summed E-state index contributed by atoms with van der Waals surface area (Å²) in [4.78, 5) is 2.23. The van der Waals surface area contributed by atoms with Crippen LogP contribution in [0, 0.1) is 0 Å². The summed E-state index contributed by atoms with van der Waals surface area (Å²) in [7, 11) is 2.09. The second-order valence-electron chi connectivity index (χ2n) is 4.64. The van der Waals surface area contributed by atoms with Crippen molar-refractivity contribution in [3.05, 3.63) is 60.2 Å². The molecule has 0 aliphatic carbocycles. The normalized spacial score (nSPS) is 10.6. The van der Waals surface area contributed by atoms with E-state index in [9.17, 15) is 0 Å². The molecule has 0 amide bonds. The summed E-state index contributed by atoms with van der Waals surface area (Å²) < 4.78 is 5.67. The van der Waals surface area contributed by atoms with Gasteiger partial charge in [-0.25, -0.2) is 0 Å². The molecule has 0 radical (unpaired) electrons. The summed E-state index contributed by atoms with van der Waals surface area (Å²) >= 11 is 0. The highest BCUT2D eigenvalue weighted by Gasteiger charge is 2.01. The van der Waals surface area contributed by atoms with Gasteiger partial charge in [-0.05, 0) is 36.9 Å². The molecule has 100 valence electrons. The Kier molecular flexibility index (Phi) is 4.81. The number of hydrogen-bond donors (Lipinski definition) is 1. The van der Waals surface area contributed by atoms with Crippen LogP contribution in [0.5, 0.6) is 5.75 Å². The van der Waals surface area contributed by atoms with Gasteiger partial charge in [0.1, 0.15) is 12.4 Å². The highest BCUT2D eigenvalue weighted by Crippen LogP contribution is 2.09. The van der Waals surface area contributed by atoms with Crippen LogP contribution in [0.15, 0.2) is 54.6 Å². The maximum atomic E-state index is 5.67. The summed E-state index contributed by atoms with van der Waals surface area (Å²) in [6.45, 7) is 2.48. The molecule has 19 heavy (non-hydrogen) atoms. The van der Waals surface area contributed by atoms with E-state index in [0.29, 0.717) is 6.61 Å². The molecule has 2 aromatic rings. The van der Waals surface area contributed by atoms with Crippen LogP contribution < -0.4 is 10.5 Å². The van der Waals surface area contributed by atoms with Crippen molar-refractivity contribution in [3.8, 4) is 5.75 Å². The van der Waals surface area contributed by atoms with Gasteiger partial charge in [0, 0.05) is 18.8 Å². The van der Waals surface area contributed by atoms with E-state index in [1.807, 2.05) is 42.5 Å². The van der Waals surface area contributed by atoms with Crippen LogP contribution in [-0.4, -0.2) is 25.1 Å². The molecular formula is C16H20N2O. The first-order valence-electron chi connectivity index (χ1n) is 6.45. The van der Waals surface area contributed by atoms with Crippen molar-refractivity contribution < 1.29 is 4.74 Å². The van der Waals surface area contributed by atoms with E-state index >= 15 is 0 Å². The third kappa shape index (κ3) is 4.64. The van der Waals surface area contributed by atoms with Crippen molar-refractivity contribution in [2.24, 2.45) is 0 Å². The fourth-order valence-electron chi connectivity index (χ4n) is 1.85. The number of rotatable bonds is 6. The van der Waals surface area contributed by atoms with Crippen LogP contribution >= 0.6 is 0 Å². The topological polar surface area (TPSA) is 38.5 Å². The molecule has 2 N–H and O–H groups in total. The van der Waals surface area contributed by atoms with Crippen LogP contribution in [0.25, 0.3) is 0 Å². The van der Waals surface area contributed by atoms with E-state index in [1.165, 1.54) is 5.56 Å². The van der Waals surface area contributed by atoms with Crippen molar-refractivity contribution in [2.45, 2.75) is 6.54 Å². The fraction of sp³-hybridized carbons (Fsp3) is 0.250. The zero-order valence-corrected chi connectivity index (χ0v) is 11.3. The molecule has 3 nitrogen and oxygen atoms in total. The lowest BCUT2D eigenvalue weighted by molar-refractivity contribution is 0.233. The Labute approximate surface area is 114 Å². The summed E-state index contributed by atoms with van der Waals surface area (Å²) in [5.74, 6) is 0.920. The van der Waals surface area contributed by atoms with Crippen molar-refractivity contribution in [3.63, 3.8) is 0 Å². The van der Waals surface area contributed by atoms with E-state index in [4.69, 9.17) is 10.5 Å². The third-order valence-corrected chi connectivity index (χ3v) is 2.92. The van der Waals surface area contributed by atoms with Gasteiger partial charge in [-0.15, -0.1) is 0 Å². The maximum Gasteiger partial charge on any atom is 0.119 e. The monoisotopic (exact) mass is 256 g/mol. The van der Waals surface area contributed by atoms with Gasteiger partial charge in [0.25, 0.3) is 0 Å². The average molecular weight is 256 g/mol. The third-order valence-electron chi connectivity index (χ3n) is 2.92. The average Bonchev–Trinajstić information content (AvgIpc) is 2.43. The molecule has 0 aliphatic heterocycles. The predicted octanol–water partition coefficient (Wildman–Crippen LogP) is 2.78. The minimum Gasteiger partial charge on any atom is -0.492 e. The first kappa shape index (κ1) is 13.4. The first-order chi connectivity index (χ1) is 9.24. The Morgan fingerprint density at radius 2 is 1.68 bits per heavy atom. The van der Waals surface area contributed by atoms with Crippen molar-refractivity contribution in [1.29, 1.82) is 0 Å². The van der Waals surface area contributed by atoms with Crippen LogP contribution in [-0.2, 0) is 6.54 Å². The number of nitrogen functional groups attached to an aromatic ring is 1. The highest BCUT2D eigenvalue weighted by atomic mass is 16.5. The number of para-hydroxylation sites is 1. The van der Waals surface area contributed by atoms with E-state index in [2.05, 4.69) is 24.1 Å². The molecule has 3 heteroatoms. The number of hydrogen-bond acceptors (Lipinski definition) is 3. The standard InChI is InChI=1S/C16H20N2O/c1-18(13-14-7-9-15(17)10-8-14)11-12-19-16-5-3-2-4-6-16/h2-10H,11-13,17H2,1H3. The van der Waals surface area contributed by atoms with Gasteiger partial charge in [0.15, 0.2) is 0 Å². The predicted molar refractivity (Wildman–Crippen MR) is 79.1 cm³/mol. The molecule has 0 spiro atoms. The summed E-state index contributed by atoms with van der Waals surface area (Å²) in [6, 6.07) is 17.9. The highest BCUT2D eigenvalue weighted by molar-refractivity contribution is 5.39. The van der Waals surface area contributed by atoms with Crippen molar-refractivity contribution in [1.82, 2.24) is 4.90 Å². The van der Waals surface area contributed by atoms with Gasteiger partial charge in [0.2, 0.25) is 0 Å². The smallest absolute Gasteiger partial charge is 0.119 e. The maximum absolute atomic E-state index is 5.67. The molecule has 0 unspecified atom stereocenters. The molecule has 2 aromatic carbocycles. The summed E-state index contributed by atoms with van der Waals surface area (Å²) in [5.41, 5.74) is 7.73. The van der Waals surface area contributed by atoms with Crippen LogP contribution in [0.4, 0.5) is 5.69 Å². The van der Waals surface area contributed by atoms with E-state index in [0.717, 1.165) is 24.5 Å². The first-order valence-corrected chi connectivity index (χ1v) is 6.45. The Balaban J connectivity index is 1.73. The zero-order valence-electron chi connectivity index (χ0n) is 11.3. The second-order valence-corrected chi connectivity index (χ2v) is 4.64. The largest absolute Gasteiger partial charge is 0.492 e. The Hall–Kier alpha value is -2.00. The van der Waals surface area contributed by atoms with Gasteiger partial charge >= 0.3 is 0 Å².